The average Bonchev–Trinajstić information content (AvgIpc) is 3.37. The van der Waals surface area contributed by atoms with Crippen LogP contribution in [0.4, 0.5) is 0 Å². The highest BCUT2D eigenvalue weighted by Gasteiger charge is 2.32. The number of phenols is 1. The molecule has 1 heterocycles. The van der Waals surface area contributed by atoms with Gasteiger partial charge in [0.2, 0.25) is 17.7 Å². The molecule has 234 valence electrons. The van der Waals surface area contributed by atoms with Gasteiger partial charge in [0.15, 0.2) is 0 Å². The molecular formula is C29H33N5O10. The Kier molecular flexibility index (Phi) is 11.4. The van der Waals surface area contributed by atoms with Crippen molar-refractivity contribution in [1.82, 2.24) is 20.9 Å². The van der Waals surface area contributed by atoms with Crippen LogP contribution in [0.1, 0.15) is 30.4 Å². The first-order valence-electron chi connectivity index (χ1n) is 13.5. The number of H-pyrrole nitrogens is 1. The molecule has 0 aliphatic carbocycles. The number of aromatic hydroxyl groups is 1. The molecule has 0 aliphatic heterocycles. The van der Waals surface area contributed by atoms with Crippen LogP contribution in [0, 0.1) is 0 Å². The van der Waals surface area contributed by atoms with Crippen molar-refractivity contribution in [2.45, 2.75) is 56.3 Å². The summed E-state index contributed by atoms with van der Waals surface area (Å²) in [5.74, 6) is -7.06. The first kappa shape index (κ1) is 33.1. The lowest BCUT2D eigenvalue weighted by molar-refractivity contribution is -0.144. The minimum Gasteiger partial charge on any atom is -0.508 e. The van der Waals surface area contributed by atoms with Gasteiger partial charge in [-0.05, 0) is 42.2 Å². The van der Waals surface area contributed by atoms with Crippen molar-refractivity contribution < 1.29 is 49.2 Å². The second kappa shape index (κ2) is 15.2. The zero-order chi connectivity index (χ0) is 32.4. The Labute approximate surface area is 250 Å². The maximum Gasteiger partial charge on any atom is 0.326 e. The van der Waals surface area contributed by atoms with Crippen molar-refractivity contribution in [3.05, 3.63) is 65.9 Å². The molecule has 0 aliphatic rings. The number of hydrogen-bond donors (Lipinski definition) is 9. The lowest BCUT2D eigenvalue weighted by atomic mass is 10.0. The molecular weight excluding hydrogens is 578 g/mol. The SMILES string of the molecule is NC(Cc1ccc(O)cc1)C(=O)NC(CC(=O)O)C(=O)NC(Cc1c[nH]c2ccccc12)C(=O)NC(CCC(=O)O)C(=O)O. The molecule has 44 heavy (non-hydrogen) atoms. The molecule has 3 aromatic rings. The topological polar surface area (TPSA) is 261 Å². The summed E-state index contributed by atoms with van der Waals surface area (Å²) in [4.78, 5) is 76.8. The Balaban J connectivity index is 1.82. The van der Waals surface area contributed by atoms with Gasteiger partial charge in [0.25, 0.3) is 0 Å². The van der Waals surface area contributed by atoms with Crippen LogP contribution in [0.3, 0.4) is 0 Å². The van der Waals surface area contributed by atoms with Crippen molar-refractivity contribution in [2.24, 2.45) is 5.73 Å². The van der Waals surface area contributed by atoms with E-state index in [1.165, 1.54) is 12.1 Å². The van der Waals surface area contributed by atoms with E-state index in [0.717, 1.165) is 5.52 Å². The molecule has 0 saturated heterocycles. The number of carbonyl (C=O) groups is 6. The number of phenolic OH excluding ortho intramolecular Hbond substituents is 1. The Morgan fingerprint density at radius 1 is 0.750 bits per heavy atom. The molecule has 0 saturated carbocycles. The highest BCUT2D eigenvalue weighted by atomic mass is 16.4. The predicted octanol–water partition coefficient (Wildman–Crippen LogP) is -0.135. The van der Waals surface area contributed by atoms with Gasteiger partial charge in [-0.25, -0.2) is 4.79 Å². The van der Waals surface area contributed by atoms with Gasteiger partial charge in [-0.15, -0.1) is 0 Å². The number of carbonyl (C=O) groups excluding carboxylic acids is 3. The van der Waals surface area contributed by atoms with Crippen LogP contribution >= 0.6 is 0 Å². The van der Waals surface area contributed by atoms with E-state index >= 15 is 0 Å². The summed E-state index contributed by atoms with van der Waals surface area (Å²) in [7, 11) is 0. The summed E-state index contributed by atoms with van der Waals surface area (Å²) in [6, 6.07) is 7.04. The maximum absolute atomic E-state index is 13.3. The van der Waals surface area contributed by atoms with Gasteiger partial charge >= 0.3 is 17.9 Å². The molecule has 15 heteroatoms. The van der Waals surface area contributed by atoms with E-state index in [-0.39, 0.29) is 18.6 Å². The minimum atomic E-state index is -1.66. The zero-order valence-corrected chi connectivity index (χ0v) is 23.4. The lowest BCUT2D eigenvalue weighted by Gasteiger charge is -2.24. The first-order valence-corrected chi connectivity index (χ1v) is 13.5. The normalized spacial score (nSPS) is 13.7. The lowest BCUT2D eigenvalue weighted by Crippen LogP contribution is -2.58. The Morgan fingerprint density at radius 3 is 2.00 bits per heavy atom. The summed E-state index contributed by atoms with van der Waals surface area (Å²) >= 11 is 0. The van der Waals surface area contributed by atoms with E-state index in [2.05, 4.69) is 20.9 Å². The maximum atomic E-state index is 13.3. The highest BCUT2D eigenvalue weighted by Crippen LogP contribution is 2.19. The number of hydrogen-bond acceptors (Lipinski definition) is 8. The smallest absolute Gasteiger partial charge is 0.326 e. The summed E-state index contributed by atoms with van der Waals surface area (Å²) < 4.78 is 0. The molecule has 0 fully saturated rings. The molecule has 3 rings (SSSR count). The number of fused-ring (bicyclic) bond motifs is 1. The van der Waals surface area contributed by atoms with Crippen molar-refractivity contribution in [3.63, 3.8) is 0 Å². The van der Waals surface area contributed by atoms with Gasteiger partial charge < -0.3 is 47.1 Å². The minimum absolute atomic E-state index is 0.00599. The summed E-state index contributed by atoms with van der Waals surface area (Å²) in [6.45, 7) is 0. The molecule has 2 aromatic carbocycles. The van der Waals surface area contributed by atoms with Crippen LogP contribution in [0.2, 0.25) is 0 Å². The predicted molar refractivity (Wildman–Crippen MR) is 154 cm³/mol. The van der Waals surface area contributed by atoms with Gasteiger partial charge in [-0.2, -0.15) is 0 Å². The first-order chi connectivity index (χ1) is 20.8. The molecule has 0 bridgehead atoms. The number of nitrogens with two attached hydrogens (primary N) is 1. The van der Waals surface area contributed by atoms with E-state index in [1.54, 1.807) is 42.6 Å². The number of nitrogens with one attached hydrogen (secondary N) is 4. The van der Waals surface area contributed by atoms with Crippen LogP contribution in [-0.4, -0.2) is 85.2 Å². The van der Waals surface area contributed by atoms with E-state index < -0.39 is 79.1 Å². The molecule has 0 radical (unpaired) electrons. The van der Waals surface area contributed by atoms with Gasteiger partial charge in [-0.3, -0.25) is 24.0 Å². The van der Waals surface area contributed by atoms with Crippen molar-refractivity contribution in [1.29, 1.82) is 0 Å². The van der Waals surface area contributed by atoms with E-state index in [9.17, 15) is 44.1 Å². The molecule has 3 amide bonds. The number of carboxylic acid groups (broad SMARTS) is 3. The fourth-order valence-corrected chi connectivity index (χ4v) is 4.44. The van der Waals surface area contributed by atoms with E-state index in [1.807, 2.05) is 0 Å². The number of amides is 3. The number of aromatic nitrogens is 1. The van der Waals surface area contributed by atoms with E-state index in [0.29, 0.717) is 16.5 Å². The highest BCUT2D eigenvalue weighted by molar-refractivity contribution is 5.96. The number of benzene rings is 2. The molecule has 0 spiro atoms. The summed E-state index contributed by atoms with van der Waals surface area (Å²) in [5.41, 5.74) is 7.85. The number of aliphatic carboxylic acids is 3. The van der Waals surface area contributed by atoms with Crippen molar-refractivity contribution in [3.8, 4) is 5.75 Å². The van der Waals surface area contributed by atoms with E-state index in [4.69, 9.17) is 10.8 Å². The molecule has 4 atom stereocenters. The quantitative estimate of drug-likeness (QED) is 0.103. The molecule has 4 unspecified atom stereocenters. The van der Waals surface area contributed by atoms with Gasteiger partial charge in [-0.1, -0.05) is 30.3 Å². The third kappa shape index (κ3) is 9.55. The van der Waals surface area contributed by atoms with Crippen LogP contribution in [0.15, 0.2) is 54.7 Å². The second-order valence-corrected chi connectivity index (χ2v) is 10.1. The summed E-state index contributed by atoms with van der Waals surface area (Å²) in [5, 5.41) is 45.0. The monoisotopic (exact) mass is 611 g/mol. The largest absolute Gasteiger partial charge is 0.508 e. The second-order valence-electron chi connectivity index (χ2n) is 10.1. The number of rotatable bonds is 16. The Hall–Kier alpha value is -5.44. The fourth-order valence-electron chi connectivity index (χ4n) is 4.44. The van der Waals surface area contributed by atoms with Crippen molar-refractivity contribution in [2.75, 3.05) is 0 Å². The van der Waals surface area contributed by atoms with Crippen LogP contribution in [0.25, 0.3) is 10.9 Å². The number of aromatic amines is 1. The average molecular weight is 612 g/mol. The fraction of sp³-hybridized carbons (Fsp3) is 0.310. The molecule has 1 aromatic heterocycles. The van der Waals surface area contributed by atoms with Gasteiger partial charge in [0.05, 0.1) is 12.5 Å². The van der Waals surface area contributed by atoms with Crippen LogP contribution < -0.4 is 21.7 Å². The number of carboxylic acids is 3. The van der Waals surface area contributed by atoms with Crippen molar-refractivity contribution >= 4 is 46.5 Å². The number of para-hydroxylation sites is 1. The summed E-state index contributed by atoms with van der Waals surface area (Å²) in [6.07, 6.45) is -0.405. The third-order valence-electron chi connectivity index (χ3n) is 6.73. The van der Waals surface area contributed by atoms with Gasteiger partial charge in [0, 0.05) is 29.9 Å². The van der Waals surface area contributed by atoms with Crippen LogP contribution in [-0.2, 0) is 41.6 Å². The molecule has 10 N–H and O–H groups in total. The molecule has 15 nitrogen and oxygen atoms in total. The standard InChI is InChI=1S/C29H33N5O10/c30-19(11-15-5-7-17(35)8-6-15)26(40)33-23(13-25(38)39)28(42)34-22(12-16-14-31-20-4-2-1-3-18(16)20)27(41)32-21(29(43)44)9-10-24(36)37/h1-8,14,19,21-23,31,35H,9-13,30H2,(H,32,41)(H,33,40)(H,34,42)(H,36,37)(H,38,39)(H,43,44). The zero-order valence-electron chi connectivity index (χ0n) is 23.4. The Morgan fingerprint density at radius 2 is 1.36 bits per heavy atom. The Bertz CT molecular complexity index is 1520. The third-order valence-corrected chi connectivity index (χ3v) is 6.73. The van der Waals surface area contributed by atoms with Crippen LogP contribution in [0.5, 0.6) is 5.75 Å². The van der Waals surface area contributed by atoms with Gasteiger partial charge in [0.1, 0.15) is 23.9 Å².